The molecular weight excluding hydrogens is 609 g/mol. The molecule has 5 aromatic carbocycles. The Morgan fingerprint density at radius 1 is 0.620 bits per heavy atom. The van der Waals surface area contributed by atoms with Crippen LogP contribution in [0, 0.1) is 34.5 Å². The van der Waals surface area contributed by atoms with E-state index in [9.17, 15) is 10.5 Å². The van der Waals surface area contributed by atoms with Crippen LogP contribution in [0.2, 0.25) is 0 Å². The normalized spacial score (nSPS) is 17.2. The van der Waals surface area contributed by atoms with Gasteiger partial charge in [0, 0.05) is 44.3 Å². The maximum Gasteiger partial charge on any atom is 0.0998 e. The van der Waals surface area contributed by atoms with Gasteiger partial charge in [0.15, 0.2) is 0 Å². The summed E-state index contributed by atoms with van der Waals surface area (Å²) in [5, 5.41) is 23.6. The van der Waals surface area contributed by atoms with Crippen LogP contribution in [-0.4, -0.2) is 9.13 Å². The number of allylic oxidation sites excluding steroid dienone is 5. The number of fused-ring (bicyclic) bond motifs is 6. The third kappa shape index (κ3) is 4.57. The van der Waals surface area contributed by atoms with Gasteiger partial charge in [0.25, 0.3) is 0 Å². The first kappa shape index (κ1) is 29.8. The first-order valence-corrected chi connectivity index (χ1v) is 17.3. The first-order chi connectivity index (χ1) is 24.5. The van der Waals surface area contributed by atoms with Crippen molar-refractivity contribution in [1.29, 1.82) is 10.5 Å². The molecule has 0 amide bonds. The SMILES string of the molecule is CC1C=C(n2c3ccccc3c3cccc(C4=CC(C)Cc5c4n(-c4cccc(-c6ccccc6C#N)c4)c4ccccc54)c32)C=C(C#N)C1. The van der Waals surface area contributed by atoms with Gasteiger partial charge in [0.2, 0.25) is 0 Å². The van der Waals surface area contributed by atoms with Crippen LogP contribution in [0.3, 0.4) is 0 Å². The number of nitrogens with zero attached hydrogens (tertiary/aromatic N) is 4. The fourth-order valence-corrected chi connectivity index (χ4v) is 8.38. The Balaban J connectivity index is 1.35. The minimum atomic E-state index is 0.259. The molecule has 2 aliphatic rings. The minimum absolute atomic E-state index is 0.259. The van der Waals surface area contributed by atoms with Crippen molar-refractivity contribution in [2.24, 2.45) is 11.8 Å². The van der Waals surface area contributed by atoms with E-state index < -0.39 is 0 Å². The number of nitriles is 2. The maximum absolute atomic E-state index is 9.99. The smallest absolute Gasteiger partial charge is 0.0998 e. The number of hydrogen-bond donors (Lipinski definition) is 0. The monoisotopic (exact) mass is 642 g/mol. The summed E-state index contributed by atoms with van der Waals surface area (Å²) in [7, 11) is 0. The summed E-state index contributed by atoms with van der Waals surface area (Å²) in [6.45, 7) is 4.51. The van der Waals surface area contributed by atoms with Crippen molar-refractivity contribution in [3.05, 3.63) is 161 Å². The van der Waals surface area contributed by atoms with Gasteiger partial charge in [-0.15, -0.1) is 0 Å². The highest BCUT2D eigenvalue weighted by Crippen LogP contribution is 2.46. The zero-order valence-electron chi connectivity index (χ0n) is 28.1. The van der Waals surface area contributed by atoms with Crippen LogP contribution in [0.25, 0.3) is 60.8 Å². The van der Waals surface area contributed by atoms with Gasteiger partial charge < -0.3 is 9.13 Å². The van der Waals surface area contributed by atoms with Gasteiger partial charge in [-0.05, 0) is 77.8 Å². The molecule has 4 heteroatoms. The molecule has 0 fully saturated rings. The number of hydrogen-bond acceptors (Lipinski definition) is 2. The number of aromatic nitrogens is 2. The summed E-state index contributed by atoms with van der Waals surface area (Å²) in [5.41, 5.74) is 13.9. The summed E-state index contributed by atoms with van der Waals surface area (Å²) < 4.78 is 4.82. The Hall–Kier alpha value is -6.36. The standard InChI is InChI=1S/C46H34N4/c1-29-21-31(27-47)25-35(22-29)50-43-19-7-5-15-37(43)39-17-10-18-40(45(39)50)42-24-30(2)23-41-38-16-6-8-20-44(38)49(46(41)42)34-13-9-12-32(26-34)36-14-4-3-11-33(36)28-48/h3-20,22,24-26,29-30H,21,23H2,1-2H3. The predicted octanol–water partition coefficient (Wildman–Crippen LogP) is 11.2. The molecule has 0 bridgehead atoms. The van der Waals surface area contributed by atoms with E-state index in [-0.39, 0.29) is 5.92 Å². The second-order valence-corrected chi connectivity index (χ2v) is 13.8. The van der Waals surface area contributed by atoms with Gasteiger partial charge in [-0.25, -0.2) is 0 Å². The van der Waals surface area contributed by atoms with Crippen LogP contribution in [0.4, 0.5) is 0 Å². The van der Waals surface area contributed by atoms with Crippen molar-refractivity contribution in [3.8, 4) is 29.0 Å². The van der Waals surface area contributed by atoms with Crippen LogP contribution in [0.15, 0.2) is 139 Å². The zero-order chi connectivity index (χ0) is 33.9. The summed E-state index contributed by atoms with van der Waals surface area (Å²) in [5.74, 6) is 0.590. The molecule has 0 spiro atoms. The molecule has 0 saturated heterocycles. The fourth-order valence-electron chi connectivity index (χ4n) is 8.38. The highest BCUT2D eigenvalue weighted by molar-refractivity contribution is 6.15. The van der Waals surface area contributed by atoms with E-state index in [1.54, 1.807) is 0 Å². The highest BCUT2D eigenvalue weighted by atomic mass is 15.0. The van der Waals surface area contributed by atoms with Gasteiger partial charge in [0.05, 0.1) is 39.9 Å². The van der Waals surface area contributed by atoms with Crippen molar-refractivity contribution in [1.82, 2.24) is 9.13 Å². The lowest BCUT2D eigenvalue weighted by molar-refractivity contribution is 0.713. The highest BCUT2D eigenvalue weighted by Gasteiger charge is 2.29. The topological polar surface area (TPSA) is 57.4 Å². The summed E-state index contributed by atoms with van der Waals surface area (Å²) in [4.78, 5) is 0. The number of para-hydroxylation sites is 3. The van der Waals surface area contributed by atoms with Crippen molar-refractivity contribution in [2.75, 3.05) is 0 Å². The van der Waals surface area contributed by atoms with E-state index in [1.165, 1.54) is 44.1 Å². The van der Waals surface area contributed by atoms with Gasteiger partial charge in [0.1, 0.15) is 0 Å². The Kier molecular flexibility index (Phi) is 6.94. The van der Waals surface area contributed by atoms with Crippen LogP contribution >= 0.6 is 0 Å². The van der Waals surface area contributed by atoms with Crippen LogP contribution < -0.4 is 0 Å². The number of rotatable bonds is 4. The van der Waals surface area contributed by atoms with Gasteiger partial charge in [-0.2, -0.15) is 10.5 Å². The summed E-state index contributed by atoms with van der Waals surface area (Å²) >= 11 is 0. The lowest BCUT2D eigenvalue weighted by Gasteiger charge is -2.24. The Labute approximate surface area is 291 Å². The molecule has 2 heterocycles. The molecule has 9 rings (SSSR count). The average molecular weight is 643 g/mol. The Bertz CT molecular complexity index is 2710. The van der Waals surface area contributed by atoms with Gasteiger partial charge >= 0.3 is 0 Å². The van der Waals surface area contributed by atoms with Crippen molar-refractivity contribution < 1.29 is 0 Å². The number of benzene rings is 5. The van der Waals surface area contributed by atoms with Crippen LogP contribution in [0.1, 0.15) is 42.7 Å². The molecule has 238 valence electrons. The first-order valence-electron chi connectivity index (χ1n) is 17.3. The second kappa shape index (κ2) is 11.7. The molecule has 0 saturated carbocycles. The molecule has 2 aliphatic carbocycles. The largest absolute Gasteiger partial charge is 0.309 e. The van der Waals surface area contributed by atoms with Crippen LogP contribution in [0.5, 0.6) is 0 Å². The predicted molar refractivity (Wildman–Crippen MR) is 205 cm³/mol. The molecule has 50 heavy (non-hydrogen) atoms. The lowest BCUT2D eigenvalue weighted by atomic mass is 9.84. The third-order valence-corrected chi connectivity index (χ3v) is 10.4. The van der Waals surface area contributed by atoms with Gasteiger partial charge in [-0.3, -0.25) is 0 Å². The molecule has 2 atom stereocenters. The molecule has 0 aliphatic heterocycles. The van der Waals surface area contributed by atoms with E-state index >= 15 is 0 Å². The fraction of sp³-hybridized carbons (Fsp3) is 0.130. The van der Waals surface area contributed by atoms with E-state index in [0.717, 1.165) is 52.0 Å². The molecule has 2 aromatic heterocycles. The molecular formula is C46H34N4. The van der Waals surface area contributed by atoms with E-state index in [1.807, 2.05) is 24.3 Å². The third-order valence-electron chi connectivity index (χ3n) is 10.4. The lowest BCUT2D eigenvalue weighted by Crippen LogP contribution is -2.12. The van der Waals surface area contributed by atoms with E-state index in [0.29, 0.717) is 11.5 Å². The Morgan fingerprint density at radius 2 is 1.30 bits per heavy atom. The quantitative estimate of drug-likeness (QED) is 0.192. The van der Waals surface area contributed by atoms with E-state index in [4.69, 9.17) is 0 Å². The molecule has 0 radical (unpaired) electrons. The van der Waals surface area contributed by atoms with Crippen molar-refractivity contribution in [3.63, 3.8) is 0 Å². The molecule has 7 aromatic rings. The zero-order valence-corrected chi connectivity index (χ0v) is 28.1. The van der Waals surface area contributed by atoms with Crippen molar-refractivity contribution in [2.45, 2.75) is 26.7 Å². The minimum Gasteiger partial charge on any atom is -0.309 e. The Morgan fingerprint density at radius 3 is 2.12 bits per heavy atom. The molecule has 0 N–H and O–H groups in total. The molecule has 4 nitrogen and oxygen atoms in total. The summed E-state index contributed by atoms with van der Waals surface area (Å²) in [6, 6.07) is 45.3. The van der Waals surface area contributed by atoms with Crippen molar-refractivity contribution >= 4 is 44.0 Å². The van der Waals surface area contributed by atoms with Crippen LogP contribution in [-0.2, 0) is 6.42 Å². The molecule has 2 unspecified atom stereocenters. The van der Waals surface area contributed by atoms with Gasteiger partial charge in [-0.1, -0.05) is 111 Å². The second-order valence-electron chi connectivity index (χ2n) is 13.8. The summed E-state index contributed by atoms with van der Waals surface area (Å²) in [6.07, 6.45) is 8.55. The average Bonchev–Trinajstić information content (AvgIpc) is 3.67. The van der Waals surface area contributed by atoms with E-state index in [2.05, 4.69) is 144 Å². The maximum atomic E-state index is 9.99.